The normalized spacial score (nSPS) is 14.1. The molecule has 194 valence electrons. The van der Waals surface area contributed by atoms with Crippen molar-refractivity contribution in [2.24, 2.45) is 0 Å². The lowest BCUT2D eigenvalue weighted by Crippen LogP contribution is -2.36. The molecular weight excluding hydrogens is 490 g/mol. The van der Waals surface area contributed by atoms with Crippen molar-refractivity contribution in [3.8, 4) is 22.9 Å². The quantitative estimate of drug-likeness (QED) is 0.342. The molecular formula is C28H31N3O5S. The molecule has 0 aliphatic carbocycles. The van der Waals surface area contributed by atoms with Gasteiger partial charge in [0.1, 0.15) is 11.5 Å². The summed E-state index contributed by atoms with van der Waals surface area (Å²) >= 11 is 0. The molecule has 8 nitrogen and oxygen atoms in total. The number of anilines is 1. The predicted molar refractivity (Wildman–Crippen MR) is 143 cm³/mol. The summed E-state index contributed by atoms with van der Waals surface area (Å²) in [5.74, 6) is 1.42. The number of hydrogen-bond acceptors (Lipinski definition) is 6. The van der Waals surface area contributed by atoms with Gasteiger partial charge in [0.25, 0.3) is 10.0 Å². The molecule has 0 bridgehead atoms. The van der Waals surface area contributed by atoms with E-state index in [1.165, 1.54) is 3.97 Å². The Bertz CT molecular complexity index is 1490. The third-order valence-corrected chi connectivity index (χ3v) is 8.42. The highest BCUT2D eigenvalue weighted by atomic mass is 32.2. The highest BCUT2D eigenvalue weighted by Crippen LogP contribution is 2.34. The molecule has 0 amide bonds. The second-order valence-corrected chi connectivity index (χ2v) is 10.7. The van der Waals surface area contributed by atoms with Crippen molar-refractivity contribution >= 4 is 15.7 Å². The summed E-state index contributed by atoms with van der Waals surface area (Å²) in [4.78, 5) is 2.41. The van der Waals surface area contributed by atoms with Gasteiger partial charge in [0.2, 0.25) is 0 Å². The summed E-state index contributed by atoms with van der Waals surface area (Å²) in [5, 5.41) is 0. The fourth-order valence-corrected chi connectivity index (χ4v) is 6.05. The van der Waals surface area contributed by atoms with E-state index < -0.39 is 10.0 Å². The summed E-state index contributed by atoms with van der Waals surface area (Å²) in [6, 6.07) is 20.2. The van der Waals surface area contributed by atoms with E-state index in [1.807, 2.05) is 49.4 Å². The van der Waals surface area contributed by atoms with Crippen LogP contribution in [0.4, 0.5) is 5.69 Å². The number of aryl methyl sites for hydroxylation is 1. The van der Waals surface area contributed by atoms with Crippen molar-refractivity contribution in [3.05, 3.63) is 84.2 Å². The Morgan fingerprint density at radius 2 is 1.65 bits per heavy atom. The van der Waals surface area contributed by atoms with Crippen molar-refractivity contribution < 1.29 is 22.6 Å². The van der Waals surface area contributed by atoms with Gasteiger partial charge in [-0.15, -0.1) is 0 Å². The van der Waals surface area contributed by atoms with Gasteiger partial charge in [-0.05, 0) is 49.4 Å². The molecule has 1 saturated heterocycles. The van der Waals surface area contributed by atoms with E-state index in [0.29, 0.717) is 50.0 Å². The van der Waals surface area contributed by atoms with Crippen LogP contribution >= 0.6 is 0 Å². The van der Waals surface area contributed by atoms with Crippen LogP contribution in [-0.4, -0.2) is 57.5 Å². The van der Waals surface area contributed by atoms with Gasteiger partial charge in [-0.25, -0.2) is 12.4 Å². The first-order chi connectivity index (χ1) is 17.9. The van der Waals surface area contributed by atoms with Gasteiger partial charge in [-0.3, -0.25) is 0 Å². The lowest BCUT2D eigenvalue weighted by atomic mass is 10.1. The SMILES string of the molecule is COc1ccc(Cn2c(C)ccc2-c2cc(N3CCOCC3)cn2S(=O)(=O)c2ccccc2)c(OC)c1. The van der Waals surface area contributed by atoms with E-state index in [4.69, 9.17) is 14.2 Å². The lowest BCUT2D eigenvalue weighted by molar-refractivity contribution is 0.122. The zero-order valence-electron chi connectivity index (χ0n) is 21.3. The van der Waals surface area contributed by atoms with Crippen LogP contribution in [0.5, 0.6) is 11.5 Å². The molecule has 1 aliphatic heterocycles. The Labute approximate surface area is 217 Å². The molecule has 0 unspecified atom stereocenters. The van der Waals surface area contributed by atoms with Crippen molar-refractivity contribution in [2.45, 2.75) is 18.4 Å². The summed E-state index contributed by atoms with van der Waals surface area (Å²) in [7, 11) is -0.580. The Morgan fingerprint density at radius 3 is 2.35 bits per heavy atom. The Hall–Kier alpha value is -3.69. The zero-order valence-corrected chi connectivity index (χ0v) is 22.1. The fourth-order valence-electron chi connectivity index (χ4n) is 4.67. The van der Waals surface area contributed by atoms with Gasteiger partial charge >= 0.3 is 0 Å². The van der Waals surface area contributed by atoms with Crippen LogP contribution in [0.2, 0.25) is 0 Å². The molecule has 0 N–H and O–H groups in total. The van der Waals surface area contributed by atoms with E-state index in [-0.39, 0.29) is 4.90 Å². The maximum Gasteiger partial charge on any atom is 0.268 e. The first-order valence-corrected chi connectivity index (χ1v) is 13.6. The minimum atomic E-state index is -3.83. The van der Waals surface area contributed by atoms with Gasteiger partial charge in [0.15, 0.2) is 0 Å². The number of ether oxygens (including phenoxy) is 3. The van der Waals surface area contributed by atoms with E-state index in [9.17, 15) is 8.42 Å². The first kappa shape index (κ1) is 25.0. The van der Waals surface area contributed by atoms with Crippen LogP contribution in [0.25, 0.3) is 11.4 Å². The highest BCUT2D eigenvalue weighted by molar-refractivity contribution is 7.90. The van der Waals surface area contributed by atoms with E-state index in [0.717, 1.165) is 22.6 Å². The molecule has 0 saturated carbocycles. The second-order valence-electron chi connectivity index (χ2n) is 8.92. The largest absolute Gasteiger partial charge is 0.497 e. The summed E-state index contributed by atoms with van der Waals surface area (Å²) in [6.07, 6.45) is 1.73. The van der Waals surface area contributed by atoms with Gasteiger partial charge in [-0.2, -0.15) is 0 Å². The number of morpholine rings is 1. The fraction of sp³-hybridized carbons (Fsp3) is 0.286. The van der Waals surface area contributed by atoms with Crippen LogP contribution < -0.4 is 14.4 Å². The smallest absolute Gasteiger partial charge is 0.268 e. The van der Waals surface area contributed by atoms with Crippen LogP contribution in [0.3, 0.4) is 0 Å². The average molecular weight is 522 g/mol. The Kier molecular flexibility index (Phi) is 6.99. The van der Waals surface area contributed by atoms with E-state index >= 15 is 0 Å². The third kappa shape index (κ3) is 4.84. The number of methoxy groups -OCH3 is 2. The van der Waals surface area contributed by atoms with Gasteiger partial charge < -0.3 is 23.7 Å². The highest BCUT2D eigenvalue weighted by Gasteiger charge is 2.26. The lowest BCUT2D eigenvalue weighted by Gasteiger charge is -2.27. The summed E-state index contributed by atoms with van der Waals surface area (Å²) < 4.78 is 47.7. The number of nitrogens with zero attached hydrogens (tertiary/aromatic N) is 3. The van der Waals surface area contributed by atoms with Crippen molar-refractivity contribution in [2.75, 3.05) is 45.4 Å². The second kappa shape index (κ2) is 10.4. The molecule has 2 aromatic heterocycles. The van der Waals surface area contributed by atoms with Crippen LogP contribution in [-0.2, 0) is 21.3 Å². The number of aromatic nitrogens is 2. The third-order valence-electron chi connectivity index (χ3n) is 6.73. The van der Waals surface area contributed by atoms with E-state index in [1.54, 1.807) is 44.7 Å². The van der Waals surface area contributed by atoms with Gasteiger partial charge in [0, 0.05) is 36.6 Å². The maximum atomic E-state index is 13.8. The number of benzene rings is 2. The zero-order chi connectivity index (χ0) is 26.0. The summed E-state index contributed by atoms with van der Waals surface area (Å²) in [6.45, 7) is 5.15. The standard InChI is InChI=1S/C28H31N3O5S/c1-21-9-12-26(30(21)19-22-10-11-24(34-2)18-28(22)35-3)27-17-23(29-13-15-36-16-14-29)20-31(27)37(32,33)25-7-5-4-6-8-25/h4-12,17-18,20H,13-16,19H2,1-3H3. The summed E-state index contributed by atoms with van der Waals surface area (Å²) in [5.41, 5.74) is 4.22. The average Bonchev–Trinajstić information content (AvgIpc) is 3.54. The molecule has 4 aromatic rings. The molecule has 5 rings (SSSR count). The minimum absolute atomic E-state index is 0.243. The van der Waals surface area contributed by atoms with Crippen LogP contribution in [0.15, 0.2) is 77.8 Å². The molecule has 0 atom stereocenters. The van der Waals surface area contributed by atoms with Crippen molar-refractivity contribution in [1.82, 2.24) is 8.54 Å². The van der Waals surface area contributed by atoms with Crippen LogP contribution in [0, 0.1) is 6.92 Å². The molecule has 1 fully saturated rings. The number of rotatable bonds is 8. The van der Waals surface area contributed by atoms with E-state index in [2.05, 4.69) is 9.47 Å². The molecule has 0 radical (unpaired) electrons. The topological polar surface area (TPSA) is 74.9 Å². The van der Waals surface area contributed by atoms with Crippen molar-refractivity contribution in [1.29, 1.82) is 0 Å². The predicted octanol–water partition coefficient (Wildman–Crippen LogP) is 4.40. The Balaban J connectivity index is 1.63. The molecule has 0 spiro atoms. The Morgan fingerprint density at radius 1 is 0.892 bits per heavy atom. The molecule has 9 heteroatoms. The van der Waals surface area contributed by atoms with Crippen molar-refractivity contribution in [3.63, 3.8) is 0 Å². The molecule has 1 aliphatic rings. The number of hydrogen-bond donors (Lipinski definition) is 0. The van der Waals surface area contributed by atoms with Gasteiger partial charge in [0.05, 0.1) is 55.9 Å². The molecule has 2 aromatic carbocycles. The molecule has 37 heavy (non-hydrogen) atoms. The maximum absolute atomic E-state index is 13.8. The minimum Gasteiger partial charge on any atom is -0.497 e. The van der Waals surface area contributed by atoms with Gasteiger partial charge in [-0.1, -0.05) is 18.2 Å². The molecule has 3 heterocycles. The first-order valence-electron chi connectivity index (χ1n) is 12.2. The monoisotopic (exact) mass is 521 g/mol. The van der Waals surface area contributed by atoms with Crippen LogP contribution in [0.1, 0.15) is 11.3 Å².